The molecule has 1 aliphatic rings. The van der Waals surface area contributed by atoms with Crippen LogP contribution in [0.25, 0.3) is 0 Å². The number of hydrogen-bond acceptors (Lipinski definition) is 3. The fourth-order valence-corrected chi connectivity index (χ4v) is 2.81. The molecule has 0 aromatic carbocycles. The summed E-state index contributed by atoms with van der Waals surface area (Å²) in [6, 6.07) is 0. The summed E-state index contributed by atoms with van der Waals surface area (Å²) < 4.78 is 0. The third-order valence-electron chi connectivity index (χ3n) is 4.28. The first-order valence-corrected chi connectivity index (χ1v) is 8.99. The number of aliphatic hydroxyl groups is 1. The predicted octanol–water partition coefficient (Wildman–Crippen LogP) is 4.06. The Morgan fingerprint density at radius 2 is 2.08 bits per heavy atom. The maximum absolute atomic E-state index is 12.0. The number of hydrogen-bond donors (Lipinski definition) is 2. The van der Waals surface area contributed by atoms with Gasteiger partial charge in [0.1, 0.15) is 0 Å². The van der Waals surface area contributed by atoms with E-state index in [4.69, 9.17) is 5.11 Å². The van der Waals surface area contributed by atoms with Gasteiger partial charge in [0.2, 0.25) is 0 Å². The number of aliphatic carboxylic acids is 1. The van der Waals surface area contributed by atoms with Gasteiger partial charge in [-0.25, -0.2) is 0 Å². The monoisotopic (exact) mass is 334 g/mol. The molecule has 134 valence electrons. The summed E-state index contributed by atoms with van der Waals surface area (Å²) in [4.78, 5) is 22.4. The van der Waals surface area contributed by atoms with Crippen LogP contribution in [0, 0.1) is 11.8 Å². The van der Waals surface area contributed by atoms with E-state index < -0.39 is 12.1 Å². The van der Waals surface area contributed by atoms with E-state index in [1.54, 1.807) is 12.2 Å². The lowest BCUT2D eigenvalue weighted by Gasteiger charge is -2.13. The molecule has 0 bridgehead atoms. The molecule has 0 saturated carbocycles. The quantitative estimate of drug-likeness (QED) is 0.417. The van der Waals surface area contributed by atoms with Crippen molar-refractivity contribution in [2.24, 2.45) is 11.8 Å². The number of carbonyl (C=O) groups is 2. The van der Waals surface area contributed by atoms with Crippen molar-refractivity contribution in [3.63, 3.8) is 0 Å². The zero-order valence-electron chi connectivity index (χ0n) is 14.6. The van der Waals surface area contributed by atoms with Crippen molar-refractivity contribution in [1.82, 2.24) is 0 Å². The number of carbonyl (C=O) groups excluding carboxylic acids is 1. The summed E-state index contributed by atoms with van der Waals surface area (Å²) in [5.41, 5.74) is 0. The van der Waals surface area contributed by atoms with Crippen molar-refractivity contribution in [3.05, 3.63) is 36.5 Å². The van der Waals surface area contributed by atoms with E-state index in [-0.39, 0.29) is 24.0 Å². The van der Waals surface area contributed by atoms with Gasteiger partial charge in [-0.3, -0.25) is 9.59 Å². The van der Waals surface area contributed by atoms with Crippen LogP contribution in [-0.2, 0) is 9.59 Å². The highest BCUT2D eigenvalue weighted by Gasteiger charge is 2.26. The van der Waals surface area contributed by atoms with Crippen LogP contribution in [-0.4, -0.2) is 28.1 Å². The molecule has 0 heterocycles. The first kappa shape index (κ1) is 20.4. The second-order valence-electron chi connectivity index (χ2n) is 6.39. The highest BCUT2D eigenvalue weighted by molar-refractivity contribution is 5.95. The van der Waals surface area contributed by atoms with Crippen LogP contribution in [0.5, 0.6) is 0 Å². The van der Waals surface area contributed by atoms with Crippen molar-refractivity contribution in [2.75, 3.05) is 0 Å². The summed E-state index contributed by atoms with van der Waals surface area (Å²) in [5.74, 6) is -0.728. The Hall–Kier alpha value is -1.68. The first-order chi connectivity index (χ1) is 11.5. The molecular formula is C20H30O4. The van der Waals surface area contributed by atoms with Crippen LogP contribution in [0.1, 0.15) is 58.3 Å². The molecular weight excluding hydrogens is 304 g/mol. The summed E-state index contributed by atoms with van der Waals surface area (Å²) >= 11 is 0. The van der Waals surface area contributed by atoms with Crippen molar-refractivity contribution >= 4 is 11.8 Å². The second kappa shape index (κ2) is 11.8. The van der Waals surface area contributed by atoms with Crippen molar-refractivity contribution in [2.45, 2.75) is 64.4 Å². The van der Waals surface area contributed by atoms with Gasteiger partial charge >= 0.3 is 5.97 Å². The van der Waals surface area contributed by atoms with E-state index in [2.05, 4.69) is 6.92 Å². The van der Waals surface area contributed by atoms with Gasteiger partial charge in [-0.05, 0) is 37.7 Å². The fraction of sp³-hybridized carbons (Fsp3) is 0.600. The molecule has 0 spiro atoms. The Balaban J connectivity index is 2.38. The Morgan fingerprint density at radius 1 is 1.29 bits per heavy atom. The molecule has 2 N–H and O–H groups in total. The number of carboxylic acid groups (broad SMARTS) is 1. The third kappa shape index (κ3) is 8.25. The topological polar surface area (TPSA) is 74.6 Å². The second-order valence-corrected chi connectivity index (χ2v) is 6.39. The van der Waals surface area contributed by atoms with Gasteiger partial charge in [-0.2, -0.15) is 0 Å². The minimum Gasteiger partial charge on any atom is -0.481 e. The Kier molecular flexibility index (Phi) is 10.0. The molecule has 0 aromatic rings. The molecule has 0 fully saturated rings. The number of aliphatic hydroxyl groups excluding tert-OH is 1. The lowest BCUT2D eigenvalue weighted by molar-refractivity contribution is -0.137. The molecule has 0 saturated heterocycles. The molecule has 0 amide bonds. The van der Waals surface area contributed by atoms with Gasteiger partial charge in [0.25, 0.3) is 0 Å². The maximum atomic E-state index is 12.0. The zero-order chi connectivity index (χ0) is 17.8. The van der Waals surface area contributed by atoms with Gasteiger partial charge in [0.05, 0.1) is 6.10 Å². The molecule has 0 aliphatic heterocycles. The molecule has 4 nitrogen and oxygen atoms in total. The first-order valence-electron chi connectivity index (χ1n) is 8.99. The maximum Gasteiger partial charge on any atom is 0.303 e. The van der Waals surface area contributed by atoms with E-state index in [1.165, 1.54) is 0 Å². The van der Waals surface area contributed by atoms with Gasteiger partial charge < -0.3 is 10.2 Å². The molecule has 1 rings (SSSR count). The Labute approximate surface area is 145 Å². The van der Waals surface area contributed by atoms with Crippen LogP contribution >= 0.6 is 0 Å². The third-order valence-corrected chi connectivity index (χ3v) is 4.28. The average molecular weight is 334 g/mol. The average Bonchev–Trinajstić information content (AvgIpc) is 2.89. The predicted molar refractivity (Wildman–Crippen MR) is 95.7 cm³/mol. The summed E-state index contributed by atoms with van der Waals surface area (Å²) in [7, 11) is 0. The smallest absolute Gasteiger partial charge is 0.303 e. The number of carboxylic acids is 1. The van der Waals surface area contributed by atoms with Crippen molar-refractivity contribution in [1.29, 1.82) is 0 Å². The van der Waals surface area contributed by atoms with Gasteiger partial charge in [-0.1, -0.05) is 56.6 Å². The number of unbranched alkanes of at least 4 members (excludes halogenated alkanes) is 3. The number of ketones is 1. The van der Waals surface area contributed by atoms with Crippen LogP contribution < -0.4 is 0 Å². The fourth-order valence-electron chi connectivity index (χ4n) is 2.81. The molecule has 0 aromatic heterocycles. The van der Waals surface area contributed by atoms with E-state index >= 15 is 0 Å². The summed E-state index contributed by atoms with van der Waals surface area (Å²) in [6.45, 7) is 2.13. The van der Waals surface area contributed by atoms with Crippen molar-refractivity contribution < 1.29 is 19.8 Å². The van der Waals surface area contributed by atoms with E-state index in [0.717, 1.165) is 38.5 Å². The SMILES string of the molecule is CCCCC[C@H](O)/C=C/[C@@H]1C(=O)C=C[C@@H]1C/C=C\CCCC(=O)O. The lowest BCUT2D eigenvalue weighted by Crippen LogP contribution is -2.14. The van der Waals surface area contributed by atoms with Crippen LogP contribution in [0.4, 0.5) is 0 Å². The van der Waals surface area contributed by atoms with Gasteiger partial charge in [-0.15, -0.1) is 0 Å². The number of allylic oxidation sites excluding steroid dienone is 5. The van der Waals surface area contributed by atoms with Gasteiger partial charge in [0, 0.05) is 12.3 Å². The minimum absolute atomic E-state index is 0.0938. The standard InChI is InChI=1S/C20H30O4/c1-2-3-6-10-17(21)13-14-18-16(12-15-19(18)22)9-7-4-5-8-11-20(23)24/h4,7,12-18,21H,2-3,5-6,8-11H2,1H3,(H,23,24)/b7-4-,14-13+/t16-,17-,18-/m0/s1. The highest BCUT2D eigenvalue weighted by atomic mass is 16.4. The van der Waals surface area contributed by atoms with E-state index in [0.29, 0.717) is 6.42 Å². The highest BCUT2D eigenvalue weighted by Crippen LogP contribution is 2.27. The normalized spacial score (nSPS) is 22.0. The molecule has 24 heavy (non-hydrogen) atoms. The summed E-state index contributed by atoms with van der Waals surface area (Å²) in [6.07, 6.45) is 17.0. The van der Waals surface area contributed by atoms with Crippen LogP contribution in [0.2, 0.25) is 0 Å². The Bertz CT molecular complexity index is 476. The van der Waals surface area contributed by atoms with Crippen LogP contribution in [0.3, 0.4) is 0 Å². The van der Waals surface area contributed by atoms with Gasteiger partial charge in [0.15, 0.2) is 5.78 Å². The molecule has 0 unspecified atom stereocenters. The Morgan fingerprint density at radius 3 is 2.79 bits per heavy atom. The molecule has 4 heteroatoms. The lowest BCUT2D eigenvalue weighted by atomic mass is 9.90. The minimum atomic E-state index is -0.768. The number of rotatable bonds is 12. The largest absolute Gasteiger partial charge is 0.481 e. The van der Waals surface area contributed by atoms with E-state index in [1.807, 2.05) is 24.3 Å². The van der Waals surface area contributed by atoms with E-state index in [9.17, 15) is 14.7 Å². The zero-order valence-corrected chi connectivity index (χ0v) is 14.6. The molecule has 1 aliphatic carbocycles. The van der Waals surface area contributed by atoms with Crippen LogP contribution in [0.15, 0.2) is 36.5 Å². The summed E-state index contributed by atoms with van der Waals surface area (Å²) in [5, 5.41) is 18.5. The molecule has 3 atom stereocenters. The van der Waals surface area contributed by atoms with Crippen molar-refractivity contribution in [3.8, 4) is 0 Å². The molecule has 0 radical (unpaired) electrons.